The number of ether oxygens (including phenoxy) is 1. The van der Waals surface area contributed by atoms with E-state index in [0.29, 0.717) is 24.3 Å². The van der Waals surface area contributed by atoms with E-state index >= 15 is 0 Å². The van der Waals surface area contributed by atoms with Crippen LogP contribution >= 0.6 is 0 Å². The zero-order chi connectivity index (χ0) is 25.6. The Balaban J connectivity index is 1.85. The number of carbonyl (C=O) groups is 3. The van der Waals surface area contributed by atoms with E-state index in [1.54, 1.807) is 30.0 Å². The average molecular weight is 488 g/mol. The number of nitrogens with two attached hydrogens (primary N) is 1. The molecule has 2 fully saturated rings. The number of aliphatic carboxylic acids is 1. The summed E-state index contributed by atoms with van der Waals surface area (Å²) in [7, 11) is 1.52. The molecular formula is C25H37N5O5. The first-order chi connectivity index (χ1) is 16.7. The number of amidine groups is 1. The van der Waals surface area contributed by atoms with E-state index in [1.165, 1.54) is 7.11 Å². The number of carbonyl (C=O) groups excluding carboxylic acids is 2. The van der Waals surface area contributed by atoms with Crippen LogP contribution in [-0.2, 0) is 20.9 Å². The van der Waals surface area contributed by atoms with Gasteiger partial charge in [-0.15, -0.1) is 0 Å². The Bertz CT molecular complexity index is 962. The first kappa shape index (κ1) is 26.5. The minimum atomic E-state index is -1.04. The van der Waals surface area contributed by atoms with Gasteiger partial charge >= 0.3 is 5.97 Å². The van der Waals surface area contributed by atoms with Crippen LogP contribution in [0.2, 0.25) is 0 Å². The molecule has 2 amide bonds. The number of carboxylic acid groups (broad SMARTS) is 1. The predicted molar refractivity (Wildman–Crippen MR) is 131 cm³/mol. The highest BCUT2D eigenvalue weighted by Crippen LogP contribution is 2.44. The number of hydrogen-bond donors (Lipinski definition) is 5. The van der Waals surface area contributed by atoms with E-state index in [4.69, 9.17) is 21.0 Å². The number of nitrogens with zero attached hydrogens (tertiary/aromatic N) is 1. The van der Waals surface area contributed by atoms with Crippen molar-refractivity contribution in [3.63, 3.8) is 0 Å². The van der Waals surface area contributed by atoms with Crippen molar-refractivity contribution < 1.29 is 24.2 Å². The van der Waals surface area contributed by atoms with Gasteiger partial charge in [0.25, 0.3) is 0 Å². The summed E-state index contributed by atoms with van der Waals surface area (Å²) in [4.78, 5) is 40.0. The van der Waals surface area contributed by atoms with Crippen molar-refractivity contribution in [2.45, 2.75) is 70.0 Å². The van der Waals surface area contributed by atoms with Crippen molar-refractivity contribution in [3.8, 4) is 5.75 Å². The van der Waals surface area contributed by atoms with Gasteiger partial charge in [-0.3, -0.25) is 25.1 Å². The SMILES string of the molecule is COc1cc(C(=N)N)ccc1CNC(=O)[C@]1(C2CCCCC2)CCCN1C(=O)[C@H](C)NCC(=O)O. The van der Waals surface area contributed by atoms with Gasteiger partial charge in [-0.2, -0.15) is 0 Å². The van der Waals surface area contributed by atoms with Gasteiger partial charge in [0.1, 0.15) is 17.1 Å². The van der Waals surface area contributed by atoms with Gasteiger partial charge in [0.2, 0.25) is 11.8 Å². The molecule has 2 atom stereocenters. The fourth-order valence-corrected chi connectivity index (χ4v) is 5.52. The average Bonchev–Trinajstić information content (AvgIpc) is 3.31. The summed E-state index contributed by atoms with van der Waals surface area (Å²) in [5, 5.41) is 22.4. The molecule has 1 aliphatic carbocycles. The molecule has 0 aromatic heterocycles. The molecule has 6 N–H and O–H groups in total. The molecular weight excluding hydrogens is 450 g/mol. The fraction of sp³-hybridized carbons (Fsp3) is 0.600. The second kappa shape index (κ2) is 11.5. The van der Waals surface area contributed by atoms with Gasteiger partial charge in [-0.05, 0) is 44.6 Å². The summed E-state index contributed by atoms with van der Waals surface area (Å²) in [6.45, 7) is 2.01. The molecule has 3 rings (SSSR count). The minimum Gasteiger partial charge on any atom is -0.496 e. The first-order valence-corrected chi connectivity index (χ1v) is 12.3. The molecule has 1 aromatic rings. The van der Waals surface area contributed by atoms with Gasteiger partial charge in [-0.25, -0.2) is 0 Å². The molecule has 1 saturated heterocycles. The van der Waals surface area contributed by atoms with Crippen molar-refractivity contribution in [2.75, 3.05) is 20.2 Å². The van der Waals surface area contributed by atoms with E-state index in [0.717, 1.165) is 44.1 Å². The summed E-state index contributed by atoms with van der Waals surface area (Å²) < 4.78 is 5.45. The molecule has 0 spiro atoms. The molecule has 2 aliphatic rings. The maximum atomic E-state index is 13.9. The van der Waals surface area contributed by atoms with Crippen LogP contribution in [0.5, 0.6) is 5.75 Å². The molecule has 1 heterocycles. The van der Waals surface area contributed by atoms with Crippen LogP contribution in [0.25, 0.3) is 0 Å². The molecule has 192 valence electrons. The number of methoxy groups -OCH3 is 1. The summed E-state index contributed by atoms with van der Waals surface area (Å²) >= 11 is 0. The Labute approximate surface area is 206 Å². The van der Waals surface area contributed by atoms with E-state index in [-0.39, 0.29) is 36.7 Å². The van der Waals surface area contributed by atoms with Gasteiger partial charge in [0.15, 0.2) is 0 Å². The quantitative estimate of drug-likeness (QED) is 0.248. The standard InChI is InChI=1S/C25H37N5O5/c1-16(28-15-21(31)32)23(33)30-12-6-11-25(30,19-7-4-3-5-8-19)24(34)29-14-18-10-9-17(22(26)27)13-20(18)35-2/h9-10,13,16,19,28H,3-8,11-12,14-15H2,1-2H3,(H3,26,27)(H,29,34)(H,31,32)/t16-,25+/m0/s1. The number of benzene rings is 1. The number of amides is 2. The Morgan fingerprint density at radius 3 is 2.60 bits per heavy atom. The Hall–Kier alpha value is -3.14. The van der Waals surface area contributed by atoms with Crippen LogP contribution in [0.3, 0.4) is 0 Å². The lowest BCUT2D eigenvalue weighted by atomic mass is 9.72. The van der Waals surface area contributed by atoms with Gasteiger partial charge in [0, 0.05) is 24.2 Å². The van der Waals surface area contributed by atoms with E-state index in [1.807, 2.05) is 0 Å². The van der Waals surface area contributed by atoms with Crippen LogP contribution in [0.4, 0.5) is 0 Å². The second-order valence-corrected chi connectivity index (χ2v) is 9.47. The topological polar surface area (TPSA) is 158 Å². The largest absolute Gasteiger partial charge is 0.496 e. The zero-order valence-corrected chi connectivity index (χ0v) is 20.6. The number of likely N-dealkylation sites (tertiary alicyclic amines) is 1. The van der Waals surface area contributed by atoms with Crippen LogP contribution in [0, 0.1) is 11.3 Å². The zero-order valence-electron chi connectivity index (χ0n) is 20.6. The third kappa shape index (κ3) is 5.75. The number of hydrogen-bond acceptors (Lipinski definition) is 6. The molecule has 10 nitrogen and oxygen atoms in total. The lowest BCUT2D eigenvalue weighted by molar-refractivity contribution is -0.151. The summed E-state index contributed by atoms with van der Waals surface area (Å²) in [6.07, 6.45) is 6.23. The third-order valence-corrected chi connectivity index (χ3v) is 7.33. The molecule has 1 aliphatic heterocycles. The van der Waals surface area contributed by atoms with Gasteiger partial charge in [0.05, 0.1) is 19.7 Å². The second-order valence-electron chi connectivity index (χ2n) is 9.47. The molecule has 1 aromatic carbocycles. The Kier molecular flexibility index (Phi) is 8.71. The monoisotopic (exact) mass is 487 g/mol. The summed E-state index contributed by atoms with van der Waals surface area (Å²) in [5.74, 6) is -0.953. The fourth-order valence-electron chi connectivity index (χ4n) is 5.52. The van der Waals surface area contributed by atoms with Crippen molar-refractivity contribution >= 4 is 23.6 Å². The highest BCUT2D eigenvalue weighted by Gasteiger charge is 2.54. The number of rotatable bonds is 10. The third-order valence-electron chi connectivity index (χ3n) is 7.33. The molecule has 10 heteroatoms. The summed E-state index contributed by atoms with van der Waals surface area (Å²) in [6, 6.07) is 4.45. The highest BCUT2D eigenvalue weighted by atomic mass is 16.5. The van der Waals surface area contributed by atoms with Crippen molar-refractivity contribution in [1.82, 2.24) is 15.5 Å². The molecule has 1 saturated carbocycles. The van der Waals surface area contributed by atoms with E-state index in [2.05, 4.69) is 10.6 Å². The molecule has 35 heavy (non-hydrogen) atoms. The highest BCUT2D eigenvalue weighted by molar-refractivity contribution is 5.96. The lowest BCUT2D eigenvalue weighted by Gasteiger charge is -2.45. The maximum Gasteiger partial charge on any atom is 0.317 e. The maximum absolute atomic E-state index is 13.9. The predicted octanol–water partition coefficient (Wildman–Crippen LogP) is 1.60. The van der Waals surface area contributed by atoms with E-state index < -0.39 is 17.6 Å². The minimum absolute atomic E-state index is 0.0522. The first-order valence-electron chi connectivity index (χ1n) is 12.3. The number of carboxylic acids is 1. The van der Waals surface area contributed by atoms with Crippen molar-refractivity contribution in [3.05, 3.63) is 29.3 Å². The number of nitrogens with one attached hydrogen (secondary N) is 3. The van der Waals surface area contributed by atoms with Crippen molar-refractivity contribution in [2.24, 2.45) is 11.7 Å². The smallest absolute Gasteiger partial charge is 0.317 e. The lowest BCUT2D eigenvalue weighted by Crippen LogP contribution is -2.64. The normalized spacial score (nSPS) is 21.4. The van der Waals surface area contributed by atoms with Crippen LogP contribution in [0.1, 0.15) is 63.0 Å². The Morgan fingerprint density at radius 2 is 1.97 bits per heavy atom. The van der Waals surface area contributed by atoms with Gasteiger partial charge in [-0.1, -0.05) is 31.4 Å². The van der Waals surface area contributed by atoms with E-state index in [9.17, 15) is 14.4 Å². The van der Waals surface area contributed by atoms with Crippen LogP contribution in [0.15, 0.2) is 18.2 Å². The summed E-state index contributed by atoms with van der Waals surface area (Å²) in [5.41, 5.74) is 5.91. The molecule has 0 bridgehead atoms. The number of nitrogen functional groups attached to an aromatic ring is 1. The Morgan fingerprint density at radius 1 is 1.26 bits per heavy atom. The molecule has 0 radical (unpaired) electrons. The van der Waals surface area contributed by atoms with Crippen molar-refractivity contribution in [1.29, 1.82) is 5.41 Å². The van der Waals surface area contributed by atoms with Crippen LogP contribution < -0.4 is 21.1 Å². The van der Waals surface area contributed by atoms with Crippen LogP contribution in [-0.4, -0.2) is 65.4 Å². The van der Waals surface area contributed by atoms with Gasteiger partial charge < -0.3 is 25.8 Å². The molecule has 0 unspecified atom stereocenters.